The Labute approximate surface area is 81.7 Å². The molecule has 0 heterocycles. The van der Waals surface area contributed by atoms with Crippen molar-refractivity contribution in [2.24, 2.45) is 0 Å². The summed E-state index contributed by atoms with van der Waals surface area (Å²) in [6, 6.07) is 0. The molecule has 0 rings (SSSR count). The average molecular weight is 204 g/mol. The van der Waals surface area contributed by atoms with Crippen LogP contribution in [-0.2, 0) is 4.43 Å². The lowest BCUT2D eigenvalue weighted by molar-refractivity contribution is 0.461. The zero-order chi connectivity index (χ0) is 9.61. The van der Waals surface area contributed by atoms with E-state index in [0.717, 1.165) is 17.3 Å². The minimum Gasteiger partial charge on any atom is -0.540 e. The van der Waals surface area contributed by atoms with E-state index in [1.54, 1.807) is 11.8 Å². The van der Waals surface area contributed by atoms with E-state index < -0.39 is 8.32 Å². The highest BCUT2D eigenvalue weighted by Gasteiger charge is 2.17. The molecule has 0 aromatic carbocycles. The molecule has 0 radical (unpaired) electrons. The van der Waals surface area contributed by atoms with Crippen LogP contribution in [0, 0.1) is 0 Å². The monoisotopic (exact) mass is 204 g/mol. The molecule has 0 aliphatic rings. The van der Waals surface area contributed by atoms with Crippen molar-refractivity contribution in [2.45, 2.75) is 39.9 Å². The largest absolute Gasteiger partial charge is 0.540 e. The molecule has 0 spiro atoms. The minimum atomic E-state index is -1.38. The van der Waals surface area contributed by atoms with E-state index >= 15 is 0 Å². The molecule has 0 aliphatic heterocycles. The van der Waals surface area contributed by atoms with E-state index in [1.165, 1.54) is 0 Å². The standard InChI is InChI=1S/C9H20OSSi/c1-6-8-9(11-7-2)10-12(3,4)5/h8H,6-7H2,1-5H3/b9-8-. The molecule has 12 heavy (non-hydrogen) atoms. The molecule has 1 nitrogen and oxygen atoms in total. The van der Waals surface area contributed by atoms with E-state index in [0.29, 0.717) is 0 Å². The van der Waals surface area contributed by atoms with Gasteiger partial charge in [0.05, 0.1) is 0 Å². The fourth-order valence-electron chi connectivity index (χ4n) is 0.741. The Bertz CT molecular complexity index is 149. The predicted octanol–water partition coefficient (Wildman–Crippen LogP) is 3.84. The molecule has 0 bridgehead atoms. The molecular weight excluding hydrogens is 184 g/mol. The third kappa shape index (κ3) is 6.79. The molecule has 0 aromatic heterocycles. The Morgan fingerprint density at radius 1 is 1.33 bits per heavy atom. The maximum Gasteiger partial charge on any atom is 0.242 e. The van der Waals surface area contributed by atoms with Gasteiger partial charge in [0.25, 0.3) is 0 Å². The van der Waals surface area contributed by atoms with Gasteiger partial charge in [-0.2, -0.15) is 0 Å². The van der Waals surface area contributed by atoms with E-state index in [2.05, 4.69) is 39.6 Å². The minimum absolute atomic E-state index is 1.06. The summed E-state index contributed by atoms with van der Waals surface area (Å²) in [5.74, 6) is 1.09. The van der Waals surface area contributed by atoms with Gasteiger partial charge in [-0.3, -0.25) is 0 Å². The normalized spacial score (nSPS) is 13.2. The third-order valence-electron chi connectivity index (χ3n) is 1.06. The first kappa shape index (κ1) is 12.1. The van der Waals surface area contributed by atoms with Crippen LogP contribution in [0.25, 0.3) is 0 Å². The molecule has 0 atom stereocenters. The van der Waals surface area contributed by atoms with E-state index in [4.69, 9.17) is 4.43 Å². The molecule has 0 saturated carbocycles. The molecular formula is C9H20OSSi. The van der Waals surface area contributed by atoms with Crippen LogP contribution in [-0.4, -0.2) is 14.1 Å². The van der Waals surface area contributed by atoms with E-state index in [-0.39, 0.29) is 0 Å². The lowest BCUT2D eigenvalue weighted by Gasteiger charge is -2.20. The topological polar surface area (TPSA) is 9.23 Å². The molecule has 72 valence electrons. The molecule has 3 heteroatoms. The Morgan fingerprint density at radius 2 is 1.92 bits per heavy atom. The zero-order valence-corrected chi connectivity index (χ0v) is 10.6. The molecule has 0 unspecified atom stereocenters. The number of thioether (sulfide) groups is 1. The molecule has 0 aromatic rings. The van der Waals surface area contributed by atoms with Crippen molar-refractivity contribution in [3.8, 4) is 0 Å². The summed E-state index contributed by atoms with van der Waals surface area (Å²) < 4.78 is 5.88. The molecule has 0 aliphatic carbocycles. The average Bonchev–Trinajstić information content (AvgIpc) is 1.84. The second-order valence-corrected chi connectivity index (χ2v) is 9.28. The molecule has 0 fully saturated rings. The van der Waals surface area contributed by atoms with Crippen LogP contribution in [0.15, 0.2) is 11.2 Å². The van der Waals surface area contributed by atoms with Crippen LogP contribution in [0.3, 0.4) is 0 Å². The van der Waals surface area contributed by atoms with Crippen LogP contribution in [0.1, 0.15) is 20.3 Å². The predicted molar refractivity (Wildman–Crippen MR) is 60.9 cm³/mol. The first-order chi connectivity index (χ1) is 5.49. The van der Waals surface area contributed by atoms with Crippen molar-refractivity contribution in [1.82, 2.24) is 0 Å². The second kappa shape index (κ2) is 5.70. The molecule has 0 amide bonds. The van der Waals surface area contributed by atoms with Crippen LogP contribution >= 0.6 is 11.8 Å². The maximum absolute atomic E-state index is 5.88. The van der Waals surface area contributed by atoms with Gasteiger partial charge in [-0.25, -0.2) is 0 Å². The molecule has 0 N–H and O–H groups in total. The van der Waals surface area contributed by atoms with Gasteiger partial charge in [0.15, 0.2) is 0 Å². The fraction of sp³-hybridized carbons (Fsp3) is 0.778. The summed E-state index contributed by atoms with van der Waals surface area (Å²) in [7, 11) is -1.38. The van der Waals surface area contributed by atoms with Crippen LogP contribution in [0.5, 0.6) is 0 Å². The van der Waals surface area contributed by atoms with Crippen molar-refractivity contribution < 1.29 is 4.43 Å². The number of hydrogen-bond acceptors (Lipinski definition) is 2. The van der Waals surface area contributed by atoms with Gasteiger partial charge in [0, 0.05) is 0 Å². The summed E-state index contributed by atoms with van der Waals surface area (Å²) in [4.78, 5) is 0. The van der Waals surface area contributed by atoms with Crippen molar-refractivity contribution in [3.63, 3.8) is 0 Å². The van der Waals surface area contributed by atoms with Crippen molar-refractivity contribution in [3.05, 3.63) is 11.2 Å². The lowest BCUT2D eigenvalue weighted by atomic mass is 10.5. The van der Waals surface area contributed by atoms with Gasteiger partial charge in [-0.05, 0) is 37.9 Å². The Hall–Kier alpha value is 0.107. The smallest absolute Gasteiger partial charge is 0.242 e. The van der Waals surface area contributed by atoms with Crippen molar-refractivity contribution in [2.75, 3.05) is 5.75 Å². The fourth-order valence-corrected chi connectivity index (χ4v) is 2.98. The third-order valence-corrected chi connectivity index (χ3v) is 2.87. The summed E-state index contributed by atoms with van der Waals surface area (Å²) >= 11 is 1.80. The van der Waals surface area contributed by atoms with Gasteiger partial charge in [0.1, 0.15) is 5.09 Å². The first-order valence-corrected chi connectivity index (χ1v) is 8.91. The number of rotatable bonds is 5. The van der Waals surface area contributed by atoms with Crippen LogP contribution in [0.2, 0.25) is 19.6 Å². The second-order valence-electron chi connectivity index (χ2n) is 3.58. The highest BCUT2D eigenvalue weighted by molar-refractivity contribution is 8.02. The number of hydrogen-bond donors (Lipinski definition) is 0. The van der Waals surface area contributed by atoms with Gasteiger partial charge >= 0.3 is 0 Å². The summed E-state index contributed by atoms with van der Waals surface area (Å²) in [5, 5.41) is 1.12. The Morgan fingerprint density at radius 3 is 2.25 bits per heavy atom. The summed E-state index contributed by atoms with van der Waals surface area (Å²) in [5.41, 5.74) is 0. The summed E-state index contributed by atoms with van der Waals surface area (Å²) in [6.07, 6.45) is 3.24. The van der Waals surface area contributed by atoms with Gasteiger partial charge < -0.3 is 4.43 Å². The van der Waals surface area contributed by atoms with E-state index in [9.17, 15) is 0 Å². The lowest BCUT2D eigenvalue weighted by Crippen LogP contribution is -2.24. The van der Waals surface area contributed by atoms with Gasteiger partial charge in [-0.15, -0.1) is 0 Å². The summed E-state index contributed by atoms with van der Waals surface area (Å²) in [6.45, 7) is 10.9. The first-order valence-electron chi connectivity index (χ1n) is 4.51. The Balaban J connectivity index is 4.05. The van der Waals surface area contributed by atoms with Crippen molar-refractivity contribution >= 4 is 20.1 Å². The quantitative estimate of drug-likeness (QED) is 0.497. The Kier molecular flexibility index (Phi) is 5.75. The highest BCUT2D eigenvalue weighted by Crippen LogP contribution is 2.21. The number of allylic oxidation sites excluding steroid dienone is 1. The van der Waals surface area contributed by atoms with Crippen molar-refractivity contribution in [1.29, 1.82) is 0 Å². The highest BCUT2D eigenvalue weighted by atomic mass is 32.2. The van der Waals surface area contributed by atoms with Crippen LogP contribution in [0.4, 0.5) is 0 Å². The van der Waals surface area contributed by atoms with Gasteiger partial charge in [-0.1, -0.05) is 25.6 Å². The molecule has 0 saturated heterocycles. The maximum atomic E-state index is 5.88. The van der Waals surface area contributed by atoms with Crippen LogP contribution < -0.4 is 0 Å². The van der Waals surface area contributed by atoms with Gasteiger partial charge in [0.2, 0.25) is 8.32 Å². The zero-order valence-electron chi connectivity index (χ0n) is 8.81. The van der Waals surface area contributed by atoms with E-state index in [1.807, 2.05) is 0 Å². The SMILES string of the molecule is CC/C=C(/O[Si](C)(C)C)SCC.